The SMILES string of the molecule is Cc1nc([N+](=O)[O-])c(C(F)F)cc1N. The first-order valence-corrected chi connectivity index (χ1v) is 3.63. The van der Waals surface area contributed by atoms with E-state index in [9.17, 15) is 18.9 Å². The minimum absolute atomic E-state index is 0.0194. The first-order chi connectivity index (χ1) is 6.43. The van der Waals surface area contributed by atoms with Gasteiger partial charge in [-0.2, -0.15) is 0 Å². The van der Waals surface area contributed by atoms with Crippen LogP contribution >= 0.6 is 0 Å². The maximum Gasteiger partial charge on any atom is 0.372 e. The van der Waals surface area contributed by atoms with E-state index in [4.69, 9.17) is 5.73 Å². The molecule has 0 bridgehead atoms. The first kappa shape index (κ1) is 10.3. The second-order valence-corrected chi connectivity index (χ2v) is 2.63. The van der Waals surface area contributed by atoms with Gasteiger partial charge in [0.05, 0.1) is 5.69 Å². The van der Waals surface area contributed by atoms with Gasteiger partial charge in [0.1, 0.15) is 5.56 Å². The quantitative estimate of drug-likeness (QED) is 0.587. The number of alkyl halides is 2. The third-order valence-corrected chi connectivity index (χ3v) is 1.67. The third-order valence-electron chi connectivity index (χ3n) is 1.67. The zero-order valence-electron chi connectivity index (χ0n) is 7.20. The molecule has 0 unspecified atom stereocenters. The van der Waals surface area contributed by atoms with E-state index in [0.29, 0.717) is 0 Å². The van der Waals surface area contributed by atoms with E-state index in [2.05, 4.69) is 4.98 Å². The normalized spacial score (nSPS) is 10.6. The Balaban J connectivity index is 3.39. The predicted octanol–water partition coefficient (Wildman–Crippen LogP) is 1.82. The van der Waals surface area contributed by atoms with Gasteiger partial charge in [0.25, 0.3) is 6.43 Å². The second kappa shape index (κ2) is 3.52. The van der Waals surface area contributed by atoms with E-state index in [1.807, 2.05) is 0 Å². The number of nitrogens with zero attached hydrogens (tertiary/aromatic N) is 2. The van der Waals surface area contributed by atoms with Gasteiger partial charge in [-0.1, -0.05) is 0 Å². The molecule has 0 radical (unpaired) electrons. The highest BCUT2D eigenvalue weighted by Crippen LogP contribution is 2.29. The highest BCUT2D eigenvalue weighted by atomic mass is 19.3. The van der Waals surface area contributed by atoms with Crippen LogP contribution in [0.4, 0.5) is 20.3 Å². The topological polar surface area (TPSA) is 82.0 Å². The second-order valence-electron chi connectivity index (χ2n) is 2.63. The van der Waals surface area contributed by atoms with Gasteiger partial charge in [-0.15, -0.1) is 0 Å². The molecule has 0 spiro atoms. The third kappa shape index (κ3) is 1.76. The van der Waals surface area contributed by atoms with Crippen LogP contribution < -0.4 is 5.73 Å². The fourth-order valence-electron chi connectivity index (χ4n) is 0.931. The molecule has 0 amide bonds. The van der Waals surface area contributed by atoms with Crippen molar-refractivity contribution in [2.45, 2.75) is 13.3 Å². The molecule has 0 aliphatic heterocycles. The Morgan fingerprint density at radius 3 is 2.64 bits per heavy atom. The fourth-order valence-corrected chi connectivity index (χ4v) is 0.931. The zero-order chi connectivity index (χ0) is 10.9. The van der Waals surface area contributed by atoms with Crippen LogP contribution in [0.25, 0.3) is 0 Å². The average molecular weight is 203 g/mol. The van der Waals surface area contributed by atoms with Crippen LogP contribution in [0.2, 0.25) is 0 Å². The van der Waals surface area contributed by atoms with Gasteiger partial charge >= 0.3 is 5.82 Å². The Labute approximate surface area is 77.7 Å². The van der Waals surface area contributed by atoms with Gasteiger partial charge in [0.15, 0.2) is 5.69 Å². The van der Waals surface area contributed by atoms with Crippen molar-refractivity contribution >= 4 is 11.5 Å². The Morgan fingerprint density at radius 1 is 1.64 bits per heavy atom. The van der Waals surface area contributed by atoms with Crippen LogP contribution in [0.15, 0.2) is 6.07 Å². The smallest absolute Gasteiger partial charge is 0.372 e. The van der Waals surface area contributed by atoms with E-state index in [1.54, 1.807) is 0 Å². The van der Waals surface area contributed by atoms with Crippen LogP contribution in [0.5, 0.6) is 0 Å². The summed E-state index contributed by atoms with van der Waals surface area (Å²) >= 11 is 0. The molecule has 1 aromatic rings. The number of aryl methyl sites for hydroxylation is 1. The number of nitrogen functional groups attached to an aromatic ring is 1. The monoisotopic (exact) mass is 203 g/mol. The maximum atomic E-state index is 12.3. The average Bonchev–Trinajstić information content (AvgIpc) is 2.08. The van der Waals surface area contributed by atoms with Gasteiger partial charge in [-0.25, -0.2) is 8.78 Å². The molecular formula is C7H7F2N3O2. The van der Waals surface area contributed by atoms with Crippen LogP contribution in [-0.4, -0.2) is 9.91 Å². The van der Waals surface area contributed by atoms with Crippen molar-refractivity contribution in [2.24, 2.45) is 0 Å². The lowest BCUT2D eigenvalue weighted by Crippen LogP contribution is -2.03. The van der Waals surface area contributed by atoms with E-state index in [1.165, 1.54) is 6.92 Å². The van der Waals surface area contributed by atoms with Gasteiger partial charge in [0, 0.05) is 6.92 Å². The summed E-state index contributed by atoms with van der Waals surface area (Å²) in [5, 5.41) is 10.4. The largest absolute Gasteiger partial charge is 0.395 e. The molecular weight excluding hydrogens is 196 g/mol. The lowest BCUT2D eigenvalue weighted by Gasteiger charge is -2.03. The number of nitro groups is 1. The zero-order valence-corrected chi connectivity index (χ0v) is 7.20. The Hall–Kier alpha value is -1.79. The molecule has 2 N–H and O–H groups in total. The van der Waals surface area contributed by atoms with Crippen molar-refractivity contribution in [1.82, 2.24) is 4.98 Å². The number of hydrogen-bond donors (Lipinski definition) is 1. The molecule has 14 heavy (non-hydrogen) atoms. The molecule has 0 saturated heterocycles. The molecule has 1 aromatic heterocycles. The number of pyridine rings is 1. The van der Waals surface area contributed by atoms with Crippen molar-refractivity contribution in [2.75, 3.05) is 5.73 Å². The molecule has 0 fully saturated rings. The fraction of sp³-hybridized carbons (Fsp3) is 0.286. The van der Waals surface area contributed by atoms with Gasteiger partial charge in [0.2, 0.25) is 0 Å². The lowest BCUT2D eigenvalue weighted by molar-refractivity contribution is -0.391. The van der Waals surface area contributed by atoms with Crippen LogP contribution in [0.1, 0.15) is 17.7 Å². The van der Waals surface area contributed by atoms with E-state index in [0.717, 1.165) is 6.07 Å². The summed E-state index contributed by atoms with van der Waals surface area (Å²) in [6, 6.07) is 0.880. The first-order valence-electron chi connectivity index (χ1n) is 3.63. The van der Waals surface area contributed by atoms with Crippen LogP contribution in [-0.2, 0) is 0 Å². The standard InChI is InChI=1S/C7H7F2N3O2/c1-3-5(10)2-4(6(8)9)7(11-3)12(13)14/h2,6H,10H2,1H3. The van der Waals surface area contributed by atoms with E-state index in [-0.39, 0.29) is 11.4 Å². The van der Waals surface area contributed by atoms with Crippen molar-refractivity contribution < 1.29 is 13.7 Å². The molecule has 1 rings (SSSR count). The van der Waals surface area contributed by atoms with Crippen LogP contribution in [0, 0.1) is 17.0 Å². The summed E-state index contributed by atoms with van der Waals surface area (Å²) < 4.78 is 24.6. The predicted molar refractivity (Wildman–Crippen MR) is 45.0 cm³/mol. The molecule has 0 saturated carbocycles. The number of hydrogen-bond acceptors (Lipinski definition) is 4. The minimum Gasteiger partial charge on any atom is -0.395 e. The summed E-state index contributed by atoms with van der Waals surface area (Å²) in [5.74, 6) is -0.841. The highest BCUT2D eigenvalue weighted by molar-refractivity contribution is 5.50. The summed E-state index contributed by atoms with van der Waals surface area (Å²) in [5.41, 5.74) is 4.74. The molecule has 0 aliphatic carbocycles. The molecule has 76 valence electrons. The summed E-state index contributed by atoms with van der Waals surface area (Å²) in [6.07, 6.45) is -2.95. The number of anilines is 1. The summed E-state index contributed by atoms with van der Waals surface area (Å²) in [4.78, 5) is 12.8. The van der Waals surface area contributed by atoms with E-state index < -0.39 is 22.7 Å². The summed E-state index contributed by atoms with van der Waals surface area (Å²) in [7, 11) is 0. The van der Waals surface area contributed by atoms with Crippen molar-refractivity contribution in [3.8, 4) is 0 Å². The molecule has 7 heteroatoms. The van der Waals surface area contributed by atoms with E-state index >= 15 is 0 Å². The molecule has 1 heterocycles. The molecule has 0 aromatic carbocycles. The molecule has 5 nitrogen and oxygen atoms in total. The molecule has 0 aliphatic rings. The maximum absolute atomic E-state index is 12.3. The van der Waals surface area contributed by atoms with Crippen molar-refractivity contribution in [3.63, 3.8) is 0 Å². The highest BCUT2D eigenvalue weighted by Gasteiger charge is 2.24. The van der Waals surface area contributed by atoms with Crippen molar-refractivity contribution in [1.29, 1.82) is 0 Å². The minimum atomic E-state index is -2.95. The van der Waals surface area contributed by atoms with Crippen molar-refractivity contribution in [3.05, 3.63) is 27.4 Å². The number of halogens is 2. The Morgan fingerprint density at radius 2 is 2.21 bits per heavy atom. The molecule has 0 atom stereocenters. The van der Waals surface area contributed by atoms with Gasteiger partial charge in [-0.3, -0.25) is 0 Å². The Kier molecular flexibility index (Phi) is 2.59. The number of rotatable bonds is 2. The van der Waals surface area contributed by atoms with Gasteiger partial charge in [-0.05, 0) is 16.0 Å². The number of aromatic nitrogens is 1. The number of nitrogens with two attached hydrogens (primary N) is 1. The van der Waals surface area contributed by atoms with Crippen LogP contribution in [0.3, 0.4) is 0 Å². The summed E-state index contributed by atoms with van der Waals surface area (Å²) in [6.45, 7) is 1.41. The van der Waals surface area contributed by atoms with Gasteiger partial charge < -0.3 is 15.8 Å². The Bertz CT molecular complexity index is 381. The lowest BCUT2D eigenvalue weighted by atomic mass is 10.2.